The van der Waals surface area contributed by atoms with Crippen LogP contribution in [0, 0.1) is 0 Å². The number of anilines is 2. The highest BCUT2D eigenvalue weighted by molar-refractivity contribution is 9.10. The number of halogens is 2. The van der Waals surface area contributed by atoms with Crippen LogP contribution in [-0.4, -0.2) is 48.0 Å². The minimum atomic E-state index is -0.391. The van der Waals surface area contributed by atoms with E-state index in [1.165, 1.54) is 6.26 Å². The van der Waals surface area contributed by atoms with Crippen molar-refractivity contribution in [3.8, 4) is 0 Å². The number of thiocarbonyl (C=S) groups is 1. The van der Waals surface area contributed by atoms with Gasteiger partial charge in [-0.2, -0.15) is 0 Å². The molecule has 3 aromatic rings. The van der Waals surface area contributed by atoms with Crippen molar-refractivity contribution in [3.63, 3.8) is 0 Å². The van der Waals surface area contributed by atoms with Crippen LogP contribution in [0.4, 0.5) is 11.4 Å². The van der Waals surface area contributed by atoms with Gasteiger partial charge in [-0.05, 0) is 66.8 Å². The molecule has 33 heavy (non-hydrogen) atoms. The van der Waals surface area contributed by atoms with Crippen molar-refractivity contribution in [1.29, 1.82) is 0 Å². The van der Waals surface area contributed by atoms with Crippen LogP contribution in [-0.2, 0) is 0 Å². The number of rotatable bonds is 4. The fraction of sp³-hybridized carbons (Fsp3) is 0.174. The van der Waals surface area contributed by atoms with Gasteiger partial charge in [0.15, 0.2) is 10.9 Å². The summed E-state index contributed by atoms with van der Waals surface area (Å²) in [6.07, 6.45) is 1.51. The monoisotopic (exact) mass is 546 g/mol. The molecule has 2 N–H and O–H groups in total. The molecule has 1 fully saturated rings. The Morgan fingerprint density at radius 2 is 1.76 bits per heavy atom. The number of amides is 2. The maximum absolute atomic E-state index is 12.4. The summed E-state index contributed by atoms with van der Waals surface area (Å²) in [6.45, 7) is 2.68. The molecule has 1 aliphatic rings. The minimum Gasteiger partial charge on any atom is -0.459 e. The van der Waals surface area contributed by atoms with Crippen LogP contribution in [0.25, 0.3) is 0 Å². The highest BCUT2D eigenvalue weighted by Crippen LogP contribution is 2.22. The first-order chi connectivity index (χ1) is 15.9. The number of piperazine rings is 1. The molecule has 170 valence electrons. The zero-order chi connectivity index (χ0) is 23.4. The topological polar surface area (TPSA) is 77.8 Å². The minimum absolute atomic E-state index is 0.0843. The third-order valence-corrected chi connectivity index (χ3v) is 6.22. The van der Waals surface area contributed by atoms with Crippen LogP contribution in [0.5, 0.6) is 0 Å². The predicted molar refractivity (Wildman–Crippen MR) is 136 cm³/mol. The lowest BCUT2D eigenvalue weighted by Gasteiger charge is -2.35. The van der Waals surface area contributed by atoms with E-state index in [1.807, 2.05) is 24.3 Å². The molecule has 0 unspecified atom stereocenters. The lowest BCUT2D eigenvalue weighted by molar-refractivity contribution is 0.0714. The number of hydrogen-bond donors (Lipinski definition) is 2. The molecule has 4 rings (SSSR count). The van der Waals surface area contributed by atoms with Crippen molar-refractivity contribution >= 4 is 68.1 Å². The first-order valence-corrected chi connectivity index (χ1v) is 11.7. The second kappa shape index (κ2) is 10.4. The molecular weight excluding hydrogens is 528 g/mol. The zero-order valence-electron chi connectivity index (χ0n) is 17.4. The Morgan fingerprint density at radius 3 is 2.42 bits per heavy atom. The van der Waals surface area contributed by atoms with E-state index in [9.17, 15) is 9.59 Å². The summed E-state index contributed by atoms with van der Waals surface area (Å²) in [7, 11) is 0. The molecule has 0 saturated carbocycles. The second-order valence-corrected chi connectivity index (χ2v) is 9.07. The predicted octanol–water partition coefficient (Wildman–Crippen LogP) is 4.78. The van der Waals surface area contributed by atoms with Gasteiger partial charge in [0.05, 0.1) is 16.8 Å². The van der Waals surface area contributed by atoms with E-state index in [0.29, 0.717) is 29.4 Å². The fourth-order valence-electron chi connectivity index (χ4n) is 3.48. The SMILES string of the molecule is O=C(NC(=S)Nc1ccc(N2CCN(C(=O)c3ccco3)CC2)cc1)c1cc(Br)ccc1Cl. The Morgan fingerprint density at radius 1 is 1.03 bits per heavy atom. The summed E-state index contributed by atoms with van der Waals surface area (Å²) in [5.41, 5.74) is 2.12. The Kier molecular flexibility index (Phi) is 7.32. The van der Waals surface area contributed by atoms with Gasteiger partial charge in [-0.3, -0.25) is 14.9 Å². The van der Waals surface area contributed by atoms with Gasteiger partial charge in [0.2, 0.25) is 0 Å². The number of benzene rings is 2. The molecule has 1 aliphatic heterocycles. The number of nitrogens with one attached hydrogen (secondary N) is 2. The molecule has 0 bridgehead atoms. The van der Waals surface area contributed by atoms with E-state index >= 15 is 0 Å². The third kappa shape index (κ3) is 5.73. The second-order valence-electron chi connectivity index (χ2n) is 7.34. The van der Waals surface area contributed by atoms with Crippen molar-refractivity contribution in [2.24, 2.45) is 0 Å². The van der Waals surface area contributed by atoms with E-state index in [0.717, 1.165) is 28.9 Å². The van der Waals surface area contributed by atoms with Gasteiger partial charge < -0.3 is 19.5 Å². The van der Waals surface area contributed by atoms with Crippen LogP contribution in [0.3, 0.4) is 0 Å². The Labute approximate surface area is 209 Å². The molecule has 10 heteroatoms. The van der Waals surface area contributed by atoms with Crippen LogP contribution < -0.4 is 15.5 Å². The molecule has 0 radical (unpaired) electrons. The van der Waals surface area contributed by atoms with Crippen LogP contribution >= 0.6 is 39.7 Å². The molecule has 0 atom stereocenters. The van der Waals surface area contributed by atoms with E-state index in [-0.39, 0.29) is 11.0 Å². The Balaban J connectivity index is 1.29. The molecule has 7 nitrogen and oxygen atoms in total. The first kappa shape index (κ1) is 23.3. The van der Waals surface area contributed by atoms with Gasteiger partial charge in [-0.25, -0.2) is 0 Å². The number of furan rings is 1. The lowest BCUT2D eigenvalue weighted by atomic mass is 10.2. The molecule has 1 aromatic heterocycles. The number of hydrogen-bond acceptors (Lipinski definition) is 5. The average molecular weight is 548 g/mol. The summed E-state index contributed by atoms with van der Waals surface area (Å²) >= 11 is 14.7. The summed E-state index contributed by atoms with van der Waals surface area (Å²) in [5, 5.41) is 6.16. The van der Waals surface area contributed by atoms with E-state index in [2.05, 4.69) is 31.5 Å². The normalized spacial score (nSPS) is 13.5. The Bertz CT molecular complexity index is 1160. The van der Waals surface area contributed by atoms with Gasteiger partial charge in [0.1, 0.15) is 0 Å². The molecule has 0 spiro atoms. The highest BCUT2D eigenvalue weighted by atomic mass is 79.9. The highest BCUT2D eigenvalue weighted by Gasteiger charge is 2.23. The number of carbonyl (C=O) groups is 2. The largest absolute Gasteiger partial charge is 0.459 e. The van der Waals surface area contributed by atoms with Gasteiger partial charge in [0, 0.05) is 42.0 Å². The summed E-state index contributed by atoms with van der Waals surface area (Å²) in [5.74, 6) is -0.111. The van der Waals surface area contributed by atoms with E-state index in [1.54, 1.807) is 35.2 Å². The summed E-state index contributed by atoms with van der Waals surface area (Å²) in [4.78, 5) is 28.9. The fourth-order valence-corrected chi connectivity index (χ4v) is 4.26. The van der Waals surface area contributed by atoms with Gasteiger partial charge >= 0.3 is 0 Å². The van der Waals surface area contributed by atoms with Crippen LogP contribution in [0.1, 0.15) is 20.9 Å². The van der Waals surface area contributed by atoms with Crippen molar-refractivity contribution in [2.45, 2.75) is 0 Å². The summed E-state index contributed by atoms with van der Waals surface area (Å²) in [6, 6.07) is 16.2. The molecule has 0 aliphatic carbocycles. The summed E-state index contributed by atoms with van der Waals surface area (Å²) < 4.78 is 5.96. The van der Waals surface area contributed by atoms with Gasteiger partial charge in [-0.1, -0.05) is 27.5 Å². The third-order valence-electron chi connectivity index (χ3n) is 5.19. The Hall–Kier alpha value is -2.88. The molecule has 2 amide bonds. The van der Waals surface area contributed by atoms with E-state index in [4.69, 9.17) is 28.2 Å². The van der Waals surface area contributed by atoms with Crippen molar-refractivity contribution < 1.29 is 14.0 Å². The lowest BCUT2D eigenvalue weighted by Crippen LogP contribution is -2.48. The van der Waals surface area contributed by atoms with Crippen molar-refractivity contribution in [3.05, 3.63) is 81.7 Å². The quantitative estimate of drug-likeness (QED) is 0.458. The molecule has 2 aromatic carbocycles. The maximum Gasteiger partial charge on any atom is 0.289 e. The maximum atomic E-state index is 12.4. The first-order valence-electron chi connectivity index (χ1n) is 10.2. The van der Waals surface area contributed by atoms with Gasteiger partial charge in [-0.15, -0.1) is 0 Å². The van der Waals surface area contributed by atoms with Crippen molar-refractivity contribution in [2.75, 3.05) is 36.4 Å². The number of carbonyl (C=O) groups excluding carboxylic acids is 2. The van der Waals surface area contributed by atoms with Crippen LogP contribution in [0.15, 0.2) is 69.8 Å². The standard InChI is InChI=1S/C23H20BrClN4O3S/c24-15-3-8-19(25)18(14-15)21(30)27-23(33)26-16-4-6-17(7-5-16)28-9-11-29(12-10-28)22(31)20-2-1-13-32-20/h1-8,13-14H,9-12H2,(H2,26,27,30,33). The smallest absolute Gasteiger partial charge is 0.289 e. The van der Waals surface area contributed by atoms with Gasteiger partial charge in [0.25, 0.3) is 11.8 Å². The zero-order valence-corrected chi connectivity index (χ0v) is 20.5. The van der Waals surface area contributed by atoms with E-state index < -0.39 is 5.91 Å². The average Bonchev–Trinajstić information content (AvgIpc) is 3.36. The van der Waals surface area contributed by atoms with Crippen LogP contribution in [0.2, 0.25) is 5.02 Å². The number of nitrogens with zero attached hydrogens (tertiary/aromatic N) is 2. The molecule has 2 heterocycles. The molecule has 1 saturated heterocycles. The molecular formula is C23H20BrClN4O3S. The van der Waals surface area contributed by atoms with Crippen molar-refractivity contribution in [1.82, 2.24) is 10.2 Å².